The van der Waals surface area contributed by atoms with Gasteiger partial charge in [0.25, 0.3) is 0 Å². The topological polar surface area (TPSA) is 12.0 Å². The molecule has 0 aliphatic carbocycles. The van der Waals surface area contributed by atoms with Crippen LogP contribution in [0.15, 0.2) is 11.3 Å². The van der Waals surface area contributed by atoms with E-state index in [-0.39, 0.29) is 0 Å². The predicted molar refractivity (Wildman–Crippen MR) is 91.2 cm³/mol. The molecular weight excluding hydrogens is 250 g/mol. The van der Waals surface area contributed by atoms with Crippen LogP contribution in [0.4, 0.5) is 0 Å². The van der Waals surface area contributed by atoms with Crippen LogP contribution in [-0.2, 0) is 0 Å². The van der Waals surface area contributed by atoms with E-state index in [9.17, 15) is 0 Å². The second-order valence-electron chi connectivity index (χ2n) is 5.50. The number of rotatable bonds is 9. The molecule has 0 fully saturated rings. The summed E-state index contributed by atoms with van der Waals surface area (Å²) in [7, 11) is -2.58. The van der Waals surface area contributed by atoms with Gasteiger partial charge in [0.2, 0.25) is 0 Å². The van der Waals surface area contributed by atoms with E-state index < -0.39 is 15.3 Å². The van der Waals surface area contributed by atoms with Crippen molar-refractivity contribution < 1.29 is 0 Å². The van der Waals surface area contributed by atoms with E-state index in [0.717, 1.165) is 0 Å². The van der Waals surface area contributed by atoms with E-state index in [1.165, 1.54) is 37.1 Å². The van der Waals surface area contributed by atoms with Crippen LogP contribution in [0.25, 0.3) is 0 Å². The molecule has 0 aliphatic rings. The highest BCUT2D eigenvalue weighted by Gasteiger charge is 2.51. The van der Waals surface area contributed by atoms with Gasteiger partial charge in [0.15, 0.2) is 0 Å². The zero-order valence-electron chi connectivity index (χ0n) is 13.8. The van der Waals surface area contributed by atoms with E-state index in [0.29, 0.717) is 0 Å². The Morgan fingerprint density at radius 3 is 1.72 bits per heavy atom. The zero-order chi connectivity index (χ0) is 14.2. The fourth-order valence-electron chi connectivity index (χ4n) is 3.76. The first-order chi connectivity index (χ1) is 8.53. The van der Waals surface area contributed by atoms with Crippen molar-refractivity contribution in [2.24, 2.45) is 0 Å². The molecule has 1 unspecified atom stereocenters. The van der Waals surface area contributed by atoms with Crippen LogP contribution in [0, 0.1) is 0 Å². The largest absolute Gasteiger partial charge is 0.336 e. The molecule has 0 rings (SSSR count). The van der Waals surface area contributed by atoms with Gasteiger partial charge in [-0.25, -0.2) is 0 Å². The monoisotopic (exact) mass is 285 g/mol. The Morgan fingerprint density at radius 1 is 0.944 bits per heavy atom. The third-order valence-electron chi connectivity index (χ3n) is 5.25. The van der Waals surface area contributed by atoms with Crippen molar-refractivity contribution >= 4 is 15.3 Å². The number of nitrogens with one attached hydrogen (secondary N) is 1. The Morgan fingerprint density at radius 2 is 1.44 bits per heavy atom. The summed E-state index contributed by atoms with van der Waals surface area (Å²) in [5.74, 6) is 0. The van der Waals surface area contributed by atoms with Crippen molar-refractivity contribution in [1.82, 2.24) is 4.98 Å². The normalized spacial score (nSPS) is 16.7. The number of allylic oxidation sites excluding steroid dienone is 2. The van der Waals surface area contributed by atoms with Gasteiger partial charge in [0, 0.05) is 0 Å². The van der Waals surface area contributed by atoms with Crippen LogP contribution in [0.1, 0.15) is 54.9 Å². The maximum atomic E-state index is 4.11. The van der Waals surface area contributed by atoms with Gasteiger partial charge in [0.05, 0.1) is 7.59 Å². The van der Waals surface area contributed by atoms with Crippen LogP contribution in [0.3, 0.4) is 0 Å². The van der Waals surface area contributed by atoms with Gasteiger partial charge < -0.3 is 4.98 Å². The fraction of sp³-hybridized carbons (Fsp3) is 0.867. The molecule has 0 aliphatic heterocycles. The molecule has 0 aromatic carbocycles. The van der Waals surface area contributed by atoms with Crippen LogP contribution >= 0.6 is 0 Å². The summed E-state index contributed by atoms with van der Waals surface area (Å²) < 4.78 is 0. The van der Waals surface area contributed by atoms with E-state index in [1.807, 2.05) is 0 Å². The lowest BCUT2D eigenvalue weighted by atomic mass is 10.5. The molecule has 0 spiro atoms. The standard InChI is InChI=1S/C15H35NSi2/c1-8-14-16-18(13-6,15(7)9-2)17(10-3,11-4)12-5/h9,16H,8,10-14H2,1-7H3/b15-9+. The maximum Gasteiger partial charge on any atom is 0.141 e. The first kappa shape index (κ1) is 18.1. The van der Waals surface area contributed by atoms with E-state index in [1.54, 1.807) is 5.20 Å². The van der Waals surface area contributed by atoms with Gasteiger partial charge in [-0.2, -0.15) is 0 Å². The summed E-state index contributed by atoms with van der Waals surface area (Å²) in [6.07, 6.45) is 3.66. The number of hydrogen-bond donors (Lipinski definition) is 1. The minimum Gasteiger partial charge on any atom is -0.336 e. The van der Waals surface area contributed by atoms with Gasteiger partial charge in [0.1, 0.15) is 7.75 Å². The van der Waals surface area contributed by atoms with Crippen LogP contribution in [0.5, 0.6) is 0 Å². The highest BCUT2D eigenvalue weighted by molar-refractivity contribution is 7.44. The van der Waals surface area contributed by atoms with Crippen LogP contribution in [-0.4, -0.2) is 21.9 Å². The van der Waals surface area contributed by atoms with E-state index in [4.69, 9.17) is 0 Å². The van der Waals surface area contributed by atoms with Crippen molar-refractivity contribution in [3.05, 3.63) is 11.3 Å². The van der Waals surface area contributed by atoms with Gasteiger partial charge in [-0.15, -0.1) is 0 Å². The van der Waals surface area contributed by atoms with Crippen molar-refractivity contribution in [2.45, 2.75) is 79.1 Å². The molecular formula is C15H35NSi2. The summed E-state index contributed by atoms with van der Waals surface area (Å²) in [5.41, 5.74) is 0. The SMILES string of the molecule is C/C=C(\C)[Si](CC)(NCCC)[Si](CC)(CC)CC. The summed E-state index contributed by atoms with van der Waals surface area (Å²) in [5, 5.41) is 1.72. The Labute approximate surface area is 117 Å². The Bertz CT molecular complexity index is 251. The smallest absolute Gasteiger partial charge is 0.141 e. The molecule has 0 amide bonds. The Balaban J connectivity index is 5.66. The number of hydrogen-bond acceptors (Lipinski definition) is 1. The van der Waals surface area contributed by atoms with Gasteiger partial charge in [-0.05, 0) is 32.9 Å². The third-order valence-corrected chi connectivity index (χ3v) is 26.1. The fourth-order valence-corrected chi connectivity index (χ4v) is 23.4. The predicted octanol–water partition coefficient (Wildman–Crippen LogP) is 5.04. The minimum absolute atomic E-state index is 1.16. The lowest BCUT2D eigenvalue weighted by molar-refractivity contribution is 0.837. The molecule has 0 bridgehead atoms. The quantitative estimate of drug-likeness (QED) is 0.585. The van der Waals surface area contributed by atoms with E-state index >= 15 is 0 Å². The molecule has 18 heavy (non-hydrogen) atoms. The Kier molecular flexibility index (Phi) is 8.40. The molecule has 1 N–H and O–H groups in total. The van der Waals surface area contributed by atoms with Crippen molar-refractivity contribution in [1.29, 1.82) is 0 Å². The van der Waals surface area contributed by atoms with Crippen molar-refractivity contribution in [3.8, 4) is 0 Å². The first-order valence-corrected chi connectivity index (χ1v) is 13.7. The highest BCUT2D eigenvalue weighted by Crippen LogP contribution is 2.36. The second kappa shape index (κ2) is 8.33. The lowest BCUT2D eigenvalue weighted by Gasteiger charge is -2.48. The molecule has 1 atom stereocenters. The molecule has 0 aromatic heterocycles. The minimum atomic E-state index is -1.42. The van der Waals surface area contributed by atoms with Gasteiger partial charge in [-0.1, -0.05) is 64.0 Å². The summed E-state index contributed by atoms with van der Waals surface area (Å²) in [6.45, 7) is 17.9. The maximum absolute atomic E-state index is 4.11. The molecule has 0 radical (unpaired) electrons. The molecule has 0 saturated heterocycles. The van der Waals surface area contributed by atoms with Crippen molar-refractivity contribution in [3.63, 3.8) is 0 Å². The van der Waals surface area contributed by atoms with Gasteiger partial charge in [-0.3, -0.25) is 0 Å². The molecule has 0 aromatic rings. The Hall–Kier alpha value is 0.134. The molecule has 3 heteroatoms. The lowest BCUT2D eigenvalue weighted by Crippen LogP contribution is -2.71. The summed E-state index contributed by atoms with van der Waals surface area (Å²) >= 11 is 0. The summed E-state index contributed by atoms with van der Waals surface area (Å²) in [6, 6.07) is 5.72. The average Bonchev–Trinajstić information content (AvgIpc) is 2.43. The summed E-state index contributed by atoms with van der Waals surface area (Å²) in [4.78, 5) is 4.11. The first-order valence-electron chi connectivity index (χ1n) is 7.92. The van der Waals surface area contributed by atoms with Gasteiger partial charge >= 0.3 is 0 Å². The second-order valence-corrected chi connectivity index (χ2v) is 19.6. The average molecular weight is 286 g/mol. The van der Waals surface area contributed by atoms with Crippen molar-refractivity contribution in [2.75, 3.05) is 6.54 Å². The third kappa shape index (κ3) is 3.17. The molecule has 1 nitrogen and oxygen atoms in total. The van der Waals surface area contributed by atoms with E-state index in [2.05, 4.69) is 59.5 Å². The molecule has 108 valence electrons. The molecule has 0 heterocycles. The zero-order valence-corrected chi connectivity index (χ0v) is 15.8. The highest BCUT2D eigenvalue weighted by atomic mass is 29.3. The molecule has 0 saturated carbocycles. The van der Waals surface area contributed by atoms with Crippen LogP contribution < -0.4 is 4.98 Å². The van der Waals surface area contributed by atoms with Crippen LogP contribution in [0.2, 0.25) is 24.2 Å².